The lowest BCUT2D eigenvalue weighted by Crippen LogP contribution is -2.57. The van der Waals surface area contributed by atoms with Crippen LogP contribution in [0.5, 0.6) is 0 Å². The van der Waals surface area contributed by atoms with Crippen LogP contribution in [0.25, 0.3) is 10.4 Å². The molecule has 4 N–H and O–H groups in total. The molecule has 5 heterocycles. The number of thiazole rings is 1. The lowest BCUT2D eigenvalue weighted by atomic mass is 9.85. The van der Waals surface area contributed by atoms with Gasteiger partial charge in [-0.3, -0.25) is 28.9 Å². The summed E-state index contributed by atoms with van der Waals surface area (Å²) in [6, 6.07) is 20.9. The van der Waals surface area contributed by atoms with Crippen molar-refractivity contribution in [1.29, 1.82) is 0 Å². The molecule has 3 aliphatic rings. The summed E-state index contributed by atoms with van der Waals surface area (Å²) in [5.41, 5.74) is 7.45. The highest BCUT2D eigenvalue weighted by atomic mass is 32.1. The Labute approximate surface area is 438 Å². The summed E-state index contributed by atoms with van der Waals surface area (Å²) in [7, 11) is 1.74. The number of carbonyl (C=O) groups is 5. The van der Waals surface area contributed by atoms with Gasteiger partial charge in [0, 0.05) is 69.9 Å². The highest BCUT2D eigenvalue weighted by molar-refractivity contribution is 7.13. The summed E-state index contributed by atoms with van der Waals surface area (Å²) in [6.45, 7) is 17.3. The van der Waals surface area contributed by atoms with E-state index in [4.69, 9.17) is 4.98 Å². The Morgan fingerprint density at radius 1 is 0.878 bits per heavy atom. The normalized spacial score (nSPS) is 18.3. The van der Waals surface area contributed by atoms with Gasteiger partial charge in [0.2, 0.25) is 23.7 Å². The number of rotatable bonds is 17. The van der Waals surface area contributed by atoms with Crippen molar-refractivity contribution in [2.24, 2.45) is 5.41 Å². The highest BCUT2D eigenvalue weighted by Crippen LogP contribution is 2.41. The Hall–Kier alpha value is -6.76. The summed E-state index contributed by atoms with van der Waals surface area (Å²) in [5.74, 6) is -0.0901. The lowest BCUT2D eigenvalue weighted by molar-refractivity contribution is -0.144. The molecule has 0 radical (unpaired) electrons. The number of anilines is 5. The number of nitrogens with one attached hydrogen (secondary N) is 3. The minimum atomic E-state index is -0.887. The van der Waals surface area contributed by atoms with Crippen molar-refractivity contribution in [3.8, 4) is 10.4 Å². The fourth-order valence-corrected chi connectivity index (χ4v) is 10.8. The monoisotopic (exact) mass is 1030 g/mol. The highest BCUT2D eigenvalue weighted by Gasteiger charge is 2.45. The lowest BCUT2D eigenvalue weighted by Gasteiger charge is -2.35. The van der Waals surface area contributed by atoms with Gasteiger partial charge in [-0.15, -0.1) is 11.3 Å². The molecule has 5 amide bonds. The first-order chi connectivity index (χ1) is 35.4. The predicted molar refractivity (Wildman–Crippen MR) is 290 cm³/mol. The van der Waals surface area contributed by atoms with Crippen molar-refractivity contribution in [3.05, 3.63) is 107 Å². The zero-order valence-electron chi connectivity index (χ0n) is 43.9. The van der Waals surface area contributed by atoms with Crippen LogP contribution in [0.1, 0.15) is 118 Å². The van der Waals surface area contributed by atoms with E-state index < -0.39 is 23.6 Å². The smallest absolute Gasteiger partial charge is 0.260 e. The van der Waals surface area contributed by atoms with E-state index in [-0.39, 0.29) is 61.0 Å². The number of hydrogen-bond acceptors (Lipinski definition) is 13. The van der Waals surface area contributed by atoms with Gasteiger partial charge in [-0.1, -0.05) is 70.5 Å². The van der Waals surface area contributed by atoms with E-state index in [9.17, 15) is 29.1 Å². The molecule has 2 fully saturated rings. The van der Waals surface area contributed by atoms with Crippen LogP contribution in [-0.4, -0.2) is 135 Å². The number of β-amino-alcohol motifs (C(OH)–C–C–N with tert-alkyl or cyclic N) is 1. The first kappa shape index (κ1) is 53.5. The number of unbranched alkanes of at least 4 members (excludes halogenated alkanes) is 2. The fourth-order valence-electron chi connectivity index (χ4n) is 9.97. The Bertz CT molecular complexity index is 2810. The van der Waals surface area contributed by atoms with Crippen LogP contribution >= 0.6 is 11.3 Å². The minimum Gasteiger partial charge on any atom is -0.391 e. The molecule has 392 valence electrons. The molecule has 8 rings (SSSR count). The molecule has 18 heteroatoms. The van der Waals surface area contributed by atoms with E-state index in [2.05, 4.69) is 49.6 Å². The van der Waals surface area contributed by atoms with E-state index in [0.29, 0.717) is 48.1 Å². The van der Waals surface area contributed by atoms with Crippen LogP contribution < -0.4 is 25.8 Å². The summed E-state index contributed by atoms with van der Waals surface area (Å²) in [5, 5.41) is 20.0. The van der Waals surface area contributed by atoms with Crippen molar-refractivity contribution in [2.75, 3.05) is 61.4 Å². The van der Waals surface area contributed by atoms with E-state index in [1.807, 2.05) is 118 Å². The largest absolute Gasteiger partial charge is 0.391 e. The van der Waals surface area contributed by atoms with E-state index >= 15 is 0 Å². The number of aliphatic hydroxyl groups excluding tert-OH is 1. The van der Waals surface area contributed by atoms with Crippen molar-refractivity contribution < 1.29 is 29.1 Å². The maximum atomic E-state index is 14.2. The summed E-state index contributed by atoms with van der Waals surface area (Å²) in [4.78, 5) is 92.6. The minimum absolute atomic E-state index is 0.0106. The number of nitrogens with zero attached hydrogens (tertiary/aromatic N) is 8. The second-order valence-electron chi connectivity index (χ2n) is 20.9. The molecule has 0 spiro atoms. The van der Waals surface area contributed by atoms with Gasteiger partial charge in [0.1, 0.15) is 17.8 Å². The number of likely N-dealkylation sites (tertiary alicyclic amines) is 1. The van der Waals surface area contributed by atoms with Gasteiger partial charge >= 0.3 is 0 Å². The Morgan fingerprint density at radius 2 is 1.59 bits per heavy atom. The van der Waals surface area contributed by atoms with Gasteiger partial charge in [0.05, 0.1) is 45.7 Å². The molecule has 2 aromatic heterocycles. The van der Waals surface area contributed by atoms with Gasteiger partial charge in [0.15, 0.2) is 5.82 Å². The van der Waals surface area contributed by atoms with Gasteiger partial charge in [0.25, 0.3) is 11.8 Å². The summed E-state index contributed by atoms with van der Waals surface area (Å²) < 4.78 is 0. The number of aromatic nitrogens is 3. The van der Waals surface area contributed by atoms with Crippen LogP contribution in [0.2, 0.25) is 0 Å². The molecule has 3 aromatic carbocycles. The molecule has 3 aliphatic heterocycles. The third kappa shape index (κ3) is 12.1. The molecule has 5 atom stereocenters. The fraction of sp³-hybridized carbons (Fsp3) is 0.464. The van der Waals surface area contributed by atoms with Crippen LogP contribution in [0.4, 0.5) is 28.8 Å². The van der Waals surface area contributed by atoms with Crippen LogP contribution in [-0.2, 0) is 14.4 Å². The van der Waals surface area contributed by atoms with Gasteiger partial charge in [-0.25, -0.2) is 9.97 Å². The number of amides is 5. The molecule has 5 aromatic rings. The van der Waals surface area contributed by atoms with Gasteiger partial charge < -0.3 is 40.7 Å². The molecule has 1 unspecified atom stereocenters. The van der Waals surface area contributed by atoms with Crippen molar-refractivity contribution in [2.45, 2.75) is 117 Å². The quantitative estimate of drug-likeness (QED) is 0.0660. The van der Waals surface area contributed by atoms with E-state index in [0.717, 1.165) is 72.0 Å². The SMILES string of the molecule is CCC(C)N1c2ccccc2C(=O)N(C)c2cnc(Nc3ccc(C(=O)N4CCN(CCCCCC(=O)N[C@H](C(=O)N5C[C@H](O)C[C@H]5C(=O)N[C@@H](C)c5ccc(-c6scnc6C)cc5)C(C)(C)C)CC4)cc3)nc21. The summed E-state index contributed by atoms with van der Waals surface area (Å²) >= 11 is 1.58. The zero-order valence-corrected chi connectivity index (χ0v) is 44.7. The molecule has 0 aliphatic carbocycles. The number of aliphatic hydroxyl groups is 1. The Morgan fingerprint density at radius 3 is 2.27 bits per heavy atom. The zero-order chi connectivity index (χ0) is 52.8. The van der Waals surface area contributed by atoms with Crippen LogP contribution in [0, 0.1) is 12.3 Å². The van der Waals surface area contributed by atoms with Crippen molar-refractivity contribution >= 4 is 69.7 Å². The number of carbonyl (C=O) groups excluding carboxylic acids is 5. The second-order valence-corrected chi connectivity index (χ2v) is 21.8. The van der Waals surface area contributed by atoms with Gasteiger partial charge in [-0.2, -0.15) is 4.98 Å². The number of aryl methyl sites for hydroxylation is 1. The van der Waals surface area contributed by atoms with Crippen molar-refractivity contribution in [1.82, 2.24) is 40.3 Å². The number of fused-ring (bicyclic) bond motifs is 2. The second kappa shape index (κ2) is 23.2. The summed E-state index contributed by atoms with van der Waals surface area (Å²) in [6.07, 6.45) is 4.39. The third-order valence-corrected chi connectivity index (χ3v) is 15.5. The van der Waals surface area contributed by atoms with Crippen molar-refractivity contribution in [3.63, 3.8) is 0 Å². The maximum Gasteiger partial charge on any atom is 0.260 e. The first-order valence-electron chi connectivity index (χ1n) is 25.9. The molecular formula is C56H71N11O6S. The van der Waals surface area contributed by atoms with E-state index in [1.165, 1.54) is 4.90 Å². The van der Waals surface area contributed by atoms with Crippen LogP contribution in [0.3, 0.4) is 0 Å². The number of piperazine rings is 1. The molecular weight excluding hydrogens is 955 g/mol. The maximum absolute atomic E-state index is 14.2. The Balaban J connectivity index is 0.766. The standard InChI is InChI=1S/C56H71N11O6S/c1-9-35(2)67-44-16-13-12-15-43(44)53(72)63(8)46-32-57-55(62-50(46)67)60-41-24-22-40(23-25-41)52(71)65-29-27-64(28-30-65)26-14-10-11-17-47(69)61-49(56(5,6)7)54(73)66-33-42(68)31-45(66)51(70)59-36(3)38-18-20-39(21-19-38)48-37(4)58-34-74-48/h12-13,15-16,18-25,32,34-36,42,45,49,68H,9-11,14,17,26-31,33H2,1-8H3,(H,59,70)(H,61,69)(H,57,60,62)/t35?,36-,42+,45-,49+/m0/s1. The molecule has 2 saturated heterocycles. The van der Waals surface area contributed by atoms with Gasteiger partial charge in [-0.05, 0) is 99.5 Å². The first-order valence-corrected chi connectivity index (χ1v) is 26.8. The molecule has 17 nitrogen and oxygen atoms in total. The van der Waals surface area contributed by atoms with Crippen LogP contribution in [0.15, 0.2) is 84.5 Å². The molecule has 0 bridgehead atoms. The third-order valence-electron chi connectivity index (χ3n) is 14.6. The predicted octanol–water partition coefficient (Wildman–Crippen LogP) is 7.87. The average molecular weight is 1030 g/mol. The molecule has 0 saturated carbocycles. The molecule has 74 heavy (non-hydrogen) atoms. The number of para-hydroxylation sites is 1. The Kier molecular flexibility index (Phi) is 16.8. The number of benzene rings is 3. The van der Waals surface area contributed by atoms with E-state index in [1.54, 1.807) is 29.5 Å². The average Bonchev–Trinajstić information content (AvgIpc) is 4.00. The number of hydrogen-bond donors (Lipinski definition) is 4. The topological polar surface area (TPSA) is 197 Å².